The maximum atomic E-state index is 11.7. The summed E-state index contributed by atoms with van der Waals surface area (Å²) in [5.74, 6) is -0.431. The Labute approximate surface area is 115 Å². The van der Waals surface area contributed by atoms with E-state index in [9.17, 15) is 13.2 Å². The molecule has 0 spiro atoms. The van der Waals surface area contributed by atoms with Crippen LogP contribution in [0.15, 0.2) is 16.3 Å². The van der Waals surface area contributed by atoms with Crippen LogP contribution < -0.4 is 15.8 Å². The molecule has 6 nitrogen and oxygen atoms in total. The van der Waals surface area contributed by atoms with Gasteiger partial charge in [0.25, 0.3) is 10.0 Å². The van der Waals surface area contributed by atoms with E-state index in [0.29, 0.717) is 10.9 Å². The fourth-order valence-corrected chi connectivity index (χ4v) is 3.57. The minimum atomic E-state index is -3.69. The van der Waals surface area contributed by atoms with Crippen LogP contribution in [-0.2, 0) is 14.8 Å². The lowest BCUT2D eigenvalue weighted by Crippen LogP contribution is -2.43. The van der Waals surface area contributed by atoms with E-state index in [1.165, 1.54) is 12.1 Å². The molecular formula is C9H14ClN3O3S2. The van der Waals surface area contributed by atoms with E-state index in [1.807, 2.05) is 0 Å². The summed E-state index contributed by atoms with van der Waals surface area (Å²) in [6.45, 7) is 1.69. The van der Waals surface area contributed by atoms with Crippen LogP contribution >= 0.6 is 22.9 Å². The minimum Gasteiger partial charge on any atom is -0.351 e. The first-order valence-corrected chi connectivity index (χ1v) is 7.77. The number of nitrogens with two attached hydrogens (primary N) is 1. The smallest absolute Gasteiger partial charge is 0.250 e. The molecule has 1 aromatic rings. The molecule has 0 saturated carbocycles. The van der Waals surface area contributed by atoms with Crippen LogP contribution in [0.1, 0.15) is 6.92 Å². The zero-order chi connectivity index (χ0) is 13.8. The van der Waals surface area contributed by atoms with Gasteiger partial charge in [0.15, 0.2) is 0 Å². The van der Waals surface area contributed by atoms with Crippen LogP contribution in [0.2, 0.25) is 4.34 Å². The zero-order valence-electron chi connectivity index (χ0n) is 9.64. The van der Waals surface area contributed by atoms with E-state index in [0.717, 1.165) is 11.3 Å². The zero-order valence-corrected chi connectivity index (χ0v) is 12.0. The summed E-state index contributed by atoms with van der Waals surface area (Å²) in [7, 11) is -3.69. The van der Waals surface area contributed by atoms with E-state index in [1.54, 1.807) is 6.92 Å². The average Bonchev–Trinajstić information content (AvgIpc) is 2.74. The third kappa shape index (κ3) is 4.54. The van der Waals surface area contributed by atoms with Crippen molar-refractivity contribution in [2.24, 2.45) is 5.73 Å². The molecule has 1 amide bonds. The van der Waals surface area contributed by atoms with Gasteiger partial charge in [0.05, 0.1) is 10.9 Å². The summed E-state index contributed by atoms with van der Waals surface area (Å²) in [4.78, 5) is 11.4. The number of rotatable bonds is 6. The second-order valence-electron chi connectivity index (χ2n) is 3.59. The molecule has 0 fully saturated rings. The van der Waals surface area contributed by atoms with Gasteiger partial charge >= 0.3 is 0 Å². The highest BCUT2D eigenvalue weighted by atomic mass is 35.5. The predicted molar refractivity (Wildman–Crippen MR) is 71.2 cm³/mol. The van der Waals surface area contributed by atoms with Gasteiger partial charge in [-0.2, -0.15) is 0 Å². The molecule has 102 valence electrons. The Kier molecular flexibility index (Phi) is 5.54. The number of hydrogen-bond donors (Lipinski definition) is 3. The van der Waals surface area contributed by atoms with Gasteiger partial charge in [-0.3, -0.25) is 4.79 Å². The lowest BCUT2D eigenvalue weighted by atomic mass is 10.3. The van der Waals surface area contributed by atoms with Gasteiger partial charge in [0.1, 0.15) is 4.21 Å². The van der Waals surface area contributed by atoms with Crippen LogP contribution in [0.5, 0.6) is 0 Å². The number of carbonyl (C=O) groups is 1. The molecule has 1 atom stereocenters. The fourth-order valence-electron chi connectivity index (χ4n) is 1.06. The van der Waals surface area contributed by atoms with Gasteiger partial charge < -0.3 is 11.1 Å². The average molecular weight is 312 g/mol. The summed E-state index contributed by atoms with van der Waals surface area (Å²) < 4.78 is 26.1. The number of nitrogens with one attached hydrogen (secondary N) is 2. The first-order valence-electron chi connectivity index (χ1n) is 5.09. The first kappa shape index (κ1) is 15.4. The Morgan fingerprint density at radius 3 is 2.72 bits per heavy atom. The Morgan fingerprint density at radius 1 is 1.56 bits per heavy atom. The molecule has 0 aliphatic rings. The summed E-state index contributed by atoms with van der Waals surface area (Å²) in [6, 6.07) is 2.67. The summed E-state index contributed by atoms with van der Waals surface area (Å²) in [5, 5.41) is 2.55. The van der Waals surface area contributed by atoms with Crippen LogP contribution in [0.3, 0.4) is 0 Å². The summed E-state index contributed by atoms with van der Waals surface area (Å²) in [5.41, 5.74) is 5.33. The van der Waals surface area contributed by atoms with Crippen molar-refractivity contribution in [3.63, 3.8) is 0 Å². The van der Waals surface area contributed by atoms with Crippen molar-refractivity contribution < 1.29 is 13.2 Å². The second-order valence-corrected chi connectivity index (χ2v) is 7.30. The number of sulfonamides is 1. The van der Waals surface area contributed by atoms with E-state index >= 15 is 0 Å². The highest BCUT2D eigenvalue weighted by Crippen LogP contribution is 2.25. The molecule has 0 aliphatic carbocycles. The van der Waals surface area contributed by atoms with E-state index < -0.39 is 15.9 Å². The van der Waals surface area contributed by atoms with Gasteiger partial charge in [-0.25, -0.2) is 13.1 Å². The van der Waals surface area contributed by atoms with Gasteiger partial charge in [0.2, 0.25) is 5.91 Å². The van der Waals surface area contributed by atoms with Crippen molar-refractivity contribution in [2.75, 3.05) is 13.1 Å². The van der Waals surface area contributed by atoms with Crippen molar-refractivity contribution in [3.8, 4) is 0 Å². The molecule has 0 aromatic carbocycles. The van der Waals surface area contributed by atoms with E-state index in [2.05, 4.69) is 10.0 Å². The third-order valence-corrected chi connectivity index (χ3v) is 5.12. The van der Waals surface area contributed by atoms with Gasteiger partial charge in [-0.1, -0.05) is 11.6 Å². The Hall–Kier alpha value is -0.670. The first-order chi connectivity index (χ1) is 8.35. The van der Waals surface area contributed by atoms with Gasteiger partial charge in [-0.15, -0.1) is 11.3 Å². The van der Waals surface area contributed by atoms with Crippen LogP contribution in [0.25, 0.3) is 0 Å². The summed E-state index contributed by atoms with van der Waals surface area (Å²) in [6.07, 6.45) is 0. The SMILES string of the molecule is C[C@@H](CN)NC(=O)CNS(=O)(=O)c1ccc(Cl)s1. The monoisotopic (exact) mass is 311 g/mol. The largest absolute Gasteiger partial charge is 0.351 e. The van der Waals surface area contributed by atoms with Crippen molar-refractivity contribution >= 4 is 38.9 Å². The Morgan fingerprint density at radius 2 is 2.22 bits per heavy atom. The van der Waals surface area contributed by atoms with Crippen LogP contribution in [-0.4, -0.2) is 33.5 Å². The molecule has 18 heavy (non-hydrogen) atoms. The fraction of sp³-hybridized carbons (Fsp3) is 0.444. The van der Waals surface area contributed by atoms with Crippen LogP contribution in [0, 0.1) is 0 Å². The van der Waals surface area contributed by atoms with Gasteiger partial charge in [-0.05, 0) is 19.1 Å². The van der Waals surface area contributed by atoms with Gasteiger partial charge in [0, 0.05) is 12.6 Å². The highest BCUT2D eigenvalue weighted by molar-refractivity contribution is 7.91. The molecule has 0 bridgehead atoms. The minimum absolute atomic E-state index is 0.0761. The maximum Gasteiger partial charge on any atom is 0.250 e. The summed E-state index contributed by atoms with van der Waals surface area (Å²) >= 11 is 6.58. The molecule has 1 heterocycles. The number of thiophene rings is 1. The standard InChI is InChI=1S/C9H14ClN3O3S2/c1-6(4-11)13-8(14)5-12-18(15,16)9-3-2-7(10)17-9/h2-3,6,12H,4-5,11H2,1H3,(H,13,14)/t6-/m0/s1. The molecule has 9 heteroatoms. The van der Waals surface area contributed by atoms with E-state index in [-0.39, 0.29) is 16.8 Å². The Balaban J connectivity index is 2.55. The molecule has 0 aliphatic heterocycles. The number of halogens is 1. The van der Waals surface area contributed by atoms with Crippen molar-refractivity contribution in [1.29, 1.82) is 0 Å². The lowest BCUT2D eigenvalue weighted by Gasteiger charge is -2.11. The number of amides is 1. The lowest BCUT2D eigenvalue weighted by molar-refractivity contribution is -0.120. The third-order valence-electron chi connectivity index (χ3n) is 2.00. The molecular weight excluding hydrogens is 298 g/mol. The molecule has 1 rings (SSSR count). The predicted octanol–water partition coefficient (Wildman–Crippen LogP) is 0.143. The van der Waals surface area contributed by atoms with Crippen molar-refractivity contribution in [1.82, 2.24) is 10.0 Å². The molecule has 0 saturated heterocycles. The molecule has 4 N–H and O–H groups in total. The molecule has 0 radical (unpaired) electrons. The van der Waals surface area contributed by atoms with Crippen molar-refractivity contribution in [2.45, 2.75) is 17.2 Å². The topological polar surface area (TPSA) is 101 Å². The van der Waals surface area contributed by atoms with Crippen molar-refractivity contribution in [3.05, 3.63) is 16.5 Å². The Bertz CT molecular complexity index is 515. The number of carbonyl (C=O) groups excluding carboxylic acids is 1. The normalized spacial score (nSPS) is 13.3. The van der Waals surface area contributed by atoms with E-state index in [4.69, 9.17) is 17.3 Å². The highest BCUT2D eigenvalue weighted by Gasteiger charge is 2.18. The maximum absolute atomic E-state index is 11.7. The second kappa shape index (κ2) is 6.48. The quantitative estimate of drug-likeness (QED) is 0.695. The molecule has 0 unspecified atom stereocenters. The van der Waals surface area contributed by atoms with Crippen LogP contribution in [0.4, 0.5) is 0 Å². The number of hydrogen-bond acceptors (Lipinski definition) is 5. The molecule has 1 aromatic heterocycles.